The van der Waals surface area contributed by atoms with E-state index in [0.717, 1.165) is 42.9 Å². The average molecular weight is 273 g/mol. The number of hydrogen-bond acceptors (Lipinski definition) is 3. The number of aryl methyl sites for hydroxylation is 1. The first kappa shape index (κ1) is 14.6. The van der Waals surface area contributed by atoms with E-state index in [-0.39, 0.29) is 6.04 Å². The molecule has 4 nitrogen and oxygen atoms in total. The highest BCUT2D eigenvalue weighted by Gasteiger charge is 2.16. The van der Waals surface area contributed by atoms with Gasteiger partial charge in [0.25, 0.3) is 0 Å². The van der Waals surface area contributed by atoms with Crippen LogP contribution in [0.3, 0.4) is 0 Å². The van der Waals surface area contributed by atoms with Crippen LogP contribution in [0.1, 0.15) is 24.7 Å². The molecule has 1 aliphatic heterocycles. The van der Waals surface area contributed by atoms with Crippen LogP contribution in [0.4, 0.5) is 0 Å². The summed E-state index contributed by atoms with van der Waals surface area (Å²) in [5, 5.41) is 8.06. The summed E-state index contributed by atoms with van der Waals surface area (Å²) in [6.07, 6.45) is 3.57. The largest absolute Gasteiger partial charge is 0.492 e. The first-order chi connectivity index (χ1) is 9.65. The van der Waals surface area contributed by atoms with E-state index >= 15 is 0 Å². The van der Waals surface area contributed by atoms with Crippen molar-refractivity contribution in [3.63, 3.8) is 0 Å². The van der Waals surface area contributed by atoms with Crippen LogP contribution in [0.25, 0.3) is 5.76 Å². The van der Waals surface area contributed by atoms with Crippen LogP contribution in [0.15, 0.2) is 37.5 Å². The summed E-state index contributed by atoms with van der Waals surface area (Å²) in [6.45, 7) is 16.2. The molecule has 1 atom stereocenters. The van der Waals surface area contributed by atoms with E-state index in [0.29, 0.717) is 12.4 Å². The van der Waals surface area contributed by atoms with Crippen LogP contribution in [-0.2, 0) is 17.7 Å². The Hall–Kier alpha value is -1.81. The van der Waals surface area contributed by atoms with Gasteiger partial charge < -0.3 is 10.1 Å². The maximum absolute atomic E-state index is 5.76. The average Bonchev–Trinajstić information content (AvgIpc) is 2.88. The van der Waals surface area contributed by atoms with Gasteiger partial charge in [0.05, 0.1) is 18.8 Å². The molecule has 0 bridgehead atoms. The van der Waals surface area contributed by atoms with Crippen molar-refractivity contribution in [2.24, 2.45) is 0 Å². The van der Waals surface area contributed by atoms with Crippen molar-refractivity contribution in [2.45, 2.75) is 32.4 Å². The van der Waals surface area contributed by atoms with Crippen molar-refractivity contribution in [3.05, 3.63) is 48.8 Å². The van der Waals surface area contributed by atoms with Crippen LogP contribution in [-0.4, -0.2) is 29.0 Å². The number of nitrogens with zero attached hydrogens (tertiary/aromatic N) is 2. The fourth-order valence-electron chi connectivity index (χ4n) is 2.32. The van der Waals surface area contributed by atoms with E-state index < -0.39 is 0 Å². The lowest BCUT2D eigenvalue weighted by Crippen LogP contribution is -2.35. The quantitative estimate of drug-likeness (QED) is 0.860. The lowest BCUT2D eigenvalue weighted by Gasteiger charge is -2.22. The highest BCUT2D eigenvalue weighted by Crippen LogP contribution is 2.18. The van der Waals surface area contributed by atoms with Crippen LogP contribution in [0, 0.1) is 0 Å². The molecule has 1 aliphatic rings. The molecule has 1 aromatic heterocycles. The summed E-state index contributed by atoms with van der Waals surface area (Å²) < 4.78 is 7.72. The molecule has 0 aromatic carbocycles. The molecular weight excluding hydrogens is 250 g/mol. The van der Waals surface area contributed by atoms with E-state index in [1.54, 1.807) is 6.08 Å². The minimum atomic E-state index is 0.197. The van der Waals surface area contributed by atoms with Crippen molar-refractivity contribution in [1.29, 1.82) is 0 Å². The smallest absolute Gasteiger partial charge is 0.137 e. The van der Waals surface area contributed by atoms with Gasteiger partial charge in [-0.05, 0) is 18.1 Å². The highest BCUT2D eigenvalue weighted by atomic mass is 16.5. The summed E-state index contributed by atoms with van der Waals surface area (Å²) in [7, 11) is 0. The van der Waals surface area contributed by atoms with Crippen molar-refractivity contribution >= 4 is 5.76 Å². The van der Waals surface area contributed by atoms with Crippen molar-refractivity contribution in [2.75, 3.05) is 13.2 Å². The maximum Gasteiger partial charge on any atom is 0.137 e. The van der Waals surface area contributed by atoms with E-state index in [9.17, 15) is 0 Å². The molecule has 0 radical (unpaired) electrons. The summed E-state index contributed by atoms with van der Waals surface area (Å²) >= 11 is 0. The third kappa shape index (κ3) is 3.20. The molecule has 0 spiro atoms. The second-order valence-electron chi connectivity index (χ2n) is 4.94. The number of hydrogen-bond donors (Lipinski definition) is 1. The Balaban J connectivity index is 2.16. The third-order valence-electron chi connectivity index (χ3n) is 3.59. The van der Waals surface area contributed by atoms with Crippen molar-refractivity contribution in [3.8, 4) is 0 Å². The number of ether oxygens (including phenoxy) is 1. The molecule has 0 unspecified atom stereocenters. The molecule has 2 heterocycles. The normalized spacial score (nSPS) is 19.9. The standard InChI is InChI=1S/C16H23N3O/c1-5-12(3)15-7-10-20-13(4)16-11-14(6-2)18-19(16)9-8-17-15/h5,11,15,17H,1,3-4,6-10H2,2H3/t15-/m1/s1. The second kappa shape index (κ2) is 6.57. The van der Waals surface area contributed by atoms with Gasteiger partial charge in [0.2, 0.25) is 0 Å². The summed E-state index contributed by atoms with van der Waals surface area (Å²) in [5.74, 6) is 0.696. The predicted octanol–water partition coefficient (Wildman–Crippen LogP) is 2.54. The van der Waals surface area contributed by atoms with Gasteiger partial charge in [-0.15, -0.1) is 0 Å². The Bertz CT molecular complexity index is 516. The Morgan fingerprint density at radius 2 is 2.45 bits per heavy atom. The second-order valence-corrected chi connectivity index (χ2v) is 4.94. The molecule has 1 aromatic rings. The molecule has 0 saturated carbocycles. The van der Waals surface area contributed by atoms with Gasteiger partial charge in [-0.1, -0.05) is 32.7 Å². The zero-order valence-electron chi connectivity index (χ0n) is 12.2. The lowest BCUT2D eigenvalue weighted by molar-refractivity contribution is 0.251. The van der Waals surface area contributed by atoms with Gasteiger partial charge in [-0.25, -0.2) is 0 Å². The molecule has 0 saturated heterocycles. The van der Waals surface area contributed by atoms with Crippen LogP contribution in [0.2, 0.25) is 0 Å². The Morgan fingerprint density at radius 3 is 3.15 bits per heavy atom. The first-order valence-corrected chi connectivity index (χ1v) is 7.09. The molecule has 0 aliphatic carbocycles. The third-order valence-corrected chi connectivity index (χ3v) is 3.59. The fourth-order valence-corrected chi connectivity index (χ4v) is 2.32. The first-order valence-electron chi connectivity index (χ1n) is 7.09. The highest BCUT2D eigenvalue weighted by molar-refractivity contribution is 5.54. The number of fused-ring (bicyclic) bond motifs is 1. The molecule has 4 heteroatoms. The minimum absolute atomic E-state index is 0.197. The van der Waals surface area contributed by atoms with Crippen molar-refractivity contribution < 1.29 is 4.74 Å². The molecule has 20 heavy (non-hydrogen) atoms. The Morgan fingerprint density at radius 1 is 1.65 bits per heavy atom. The zero-order valence-corrected chi connectivity index (χ0v) is 12.2. The SMILES string of the molecule is C=CC(=C)[C@H]1CCOC(=C)c2cc(CC)nn2CCN1. The van der Waals surface area contributed by atoms with Gasteiger partial charge in [0, 0.05) is 19.0 Å². The van der Waals surface area contributed by atoms with Crippen molar-refractivity contribution in [1.82, 2.24) is 15.1 Å². The van der Waals surface area contributed by atoms with E-state index in [4.69, 9.17) is 4.74 Å². The summed E-state index contributed by atoms with van der Waals surface area (Å²) in [4.78, 5) is 0. The fraction of sp³-hybridized carbons (Fsp3) is 0.438. The number of rotatable bonds is 3. The molecule has 0 amide bonds. The van der Waals surface area contributed by atoms with Gasteiger partial charge in [0.15, 0.2) is 0 Å². The Labute approximate surface area is 120 Å². The van der Waals surface area contributed by atoms with E-state index in [1.165, 1.54) is 0 Å². The predicted molar refractivity (Wildman–Crippen MR) is 82.3 cm³/mol. The topological polar surface area (TPSA) is 39.1 Å². The molecule has 108 valence electrons. The van der Waals surface area contributed by atoms with Crippen LogP contribution < -0.4 is 5.32 Å². The maximum atomic E-state index is 5.76. The van der Waals surface area contributed by atoms with Crippen LogP contribution in [0.5, 0.6) is 0 Å². The Kier molecular flexibility index (Phi) is 4.79. The molecular formula is C16H23N3O. The summed E-state index contributed by atoms with van der Waals surface area (Å²) in [6, 6.07) is 2.26. The number of aromatic nitrogens is 2. The van der Waals surface area contributed by atoms with Gasteiger partial charge >= 0.3 is 0 Å². The van der Waals surface area contributed by atoms with Gasteiger partial charge in [0.1, 0.15) is 11.5 Å². The monoisotopic (exact) mass is 273 g/mol. The molecule has 1 N–H and O–H groups in total. The molecule has 0 fully saturated rings. The van der Waals surface area contributed by atoms with Crippen LogP contribution >= 0.6 is 0 Å². The minimum Gasteiger partial charge on any atom is -0.492 e. The van der Waals surface area contributed by atoms with Gasteiger partial charge in [-0.2, -0.15) is 5.10 Å². The lowest BCUT2D eigenvalue weighted by atomic mass is 10.1. The zero-order chi connectivity index (χ0) is 14.5. The van der Waals surface area contributed by atoms with Gasteiger partial charge in [-0.3, -0.25) is 4.68 Å². The number of nitrogens with one attached hydrogen (secondary N) is 1. The van der Waals surface area contributed by atoms with E-state index in [1.807, 2.05) is 4.68 Å². The van der Waals surface area contributed by atoms with E-state index in [2.05, 4.69) is 43.1 Å². The summed E-state index contributed by atoms with van der Waals surface area (Å²) in [5.41, 5.74) is 3.04. The molecule has 2 rings (SSSR count).